The predicted molar refractivity (Wildman–Crippen MR) is 94.2 cm³/mol. The summed E-state index contributed by atoms with van der Waals surface area (Å²) in [6.45, 7) is 4.45. The minimum absolute atomic E-state index is 0.118. The second-order valence-corrected chi connectivity index (χ2v) is 8.20. The first kappa shape index (κ1) is 20.2. The summed E-state index contributed by atoms with van der Waals surface area (Å²) >= 11 is 0. The van der Waals surface area contributed by atoms with Gasteiger partial charge >= 0.3 is 0 Å². The number of aliphatic imine (C=N–C) groups is 1. The van der Waals surface area contributed by atoms with E-state index in [4.69, 9.17) is 4.74 Å². The van der Waals surface area contributed by atoms with E-state index in [1.54, 1.807) is 21.1 Å². The summed E-state index contributed by atoms with van der Waals surface area (Å²) in [4.78, 5) is 4.22. The molecule has 0 bridgehead atoms. The van der Waals surface area contributed by atoms with Crippen LogP contribution in [-0.4, -0.2) is 60.5 Å². The van der Waals surface area contributed by atoms with E-state index in [0.29, 0.717) is 18.5 Å². The lowest BCUT2D eigenvalue weighted by Gasteiger charge is -2.42. The number of hydrogen-bond donors (Lipinski definition) is 3. The number of nitrogens with zero attached hydrogens (tertiary/aromatic N) is 1. The fraction of sp³-hybridized carbons (Fsp3) is 0.933. The lowest BCUT2D eigenvalue weighted by Crippen LogP contribution is -2.47. The van der Waals surface area contributed by atoms with Gasteiger partial charge in [-0.25, -0.2) is 13.1 Å². The van der Waals surface area contributed by atoms with Crippen LogP contribution in [0.5, 0.6) is 0 Å². The lowest BCUT2D eigenvalue weighted by molar-refractivity contribution is 0.0732. The molecule has 0 aromatic rings. The van der Waals surface area contributed by atoms with E-state index in [0.717, 1.165) is 32.0 Å². The molecule has 23 heavy (non-hydrogen) atoms. The zero-order valence-electron chi connectivity index (χ0n) is 14.7. The van der Waals surface area contributed by atoms with Crippen LogP contribution in [0.4, 0.5) is 0 Å². The van der Waals surface area contributed by atoms with Gasteiger partial charge in [-0.3, -0.25) is 4.99 Å². The monoisotopic (exact) mass is 348 g/mol. The number of rotatable bonds is 11. The molecule has 0 aromatic carbocycles. The fourth-order valence-electron chi connectivity index (χ4n) is 2.63. The maximum Gasteiger partial charge on any atom is 0.211 e. The predicted octanol–water partition coefficient (Wildman–Crippen LogP) is 0.688. The van der Waals surface area contributed by atoms with Crippen molar-refractivity contribution < 1.29 is 13.2 Å². The van der Waals surface area contributed by atoms with Gasteiger partial charge < -0.3 is 15.4 Å². The molecule has 0 heterocycles. The first-order chi connectivity index (χ1) is 11.0. The topological polar surface area (TPSA) is 91.8 Å². The first-order valence-electron chi connectivity index (χ1n) is 8.38. The number of sulfonamides is 1. The number of ether oxygens (including phenoxy) is 1. The van der Waals surface area contributed by atoms with E-state index in [-0.39, 0.29) is 5.75 Å². The van der Waals surface area contributed by atoms with Crippen molar-refractivity contribution in [3.8, 4) is 0 Å². The molecule has 1 aliphatic carbocycles. The molecule has 136 valence electrons. The molecule has 7 nitrogen and oxygen atoms in total. The number of guanidine groups is 1. The summed E-state index contributed by atoms with van der Waals surface area (Å²) < 4.78 is 30.4. The van der Waals surface area contributed by atoms with Crippen LogP contribution < -0.4 is 15.4 Å². The van der Waals surface area contributed by atoms with Gasteiger partial charge in [0, 0.05) is 40.4 Å². The molecule has 0 aliphatic heterocycles. The van der Waals surface area contributed by atoms with Gasteiger partial charge in [0.2, 0.25) is 10.0 Å². The Balaban J connectivity index is 2.22. The summed E-state index contributed by atoms with van der Waals surface area (Å²) in [5.41, 5.74) is 0.338. The van der Waals surface area contributed by atoms with Crippen molar-refractivity contribution in [1.82, 2.24) is 15.4 Å². The van der Waals surface area contributed by atoms with Crippen LogP contribution in [0.2, 0.25) is 0 Å². The van der Waals surface area contributed by atoms with Gasteiger partial charge in [-0.15, -0.1) is 0 Å². The molecule has 0 radical (unpaired) electrons. The summed E-state index contributed by atoms with van der Waals surface area (Å²) in [5.74, 6) is 0.889. The highest BCUT2D eigenvalue weighted by Gasteiger charge is 2.36. The van der Waals surface area contributed by atoms with Crippen LogP contribution in [-0.2, 0) is 14.8 Å². The van der Waals surface area contributed by atoms with E-state index in [2.05, 4.69) is 20.3 Å². The smallest absolute Gasteiger partial charge is 0.211 e. The minimum Gasteiger partial charge on any atom is -0.385 e. The molecule has 3 N–H and O–H groups in total. The molecule has 0 amide bonds. The zero-order valence-corrected chi connectivity index (χ0v) is 15.5. The van der Waals surface area contributed by atoms with E-state index in [1.165, 1.54) is 19.3 Å². The van der Waals surface area contributed by atoms with Gasteiger partial charge in [0.25, 0.3) is 0 Å². The van der Waals surface area contributed by atoms with Crippen molar-refractivity contribution in [2.24, 2.45) is 10.4 Å². The highest BCUT2D eigenvalue weighted by Crippen LogP contribution is 2.43. The molecule has 1 saturated carbocycles. The van der Waals surface area contributed by atoms with Crippen LogP contribution >= 0.6 is 0 Å². The molecule has 8 heteroatoms. The molecule has 1 fully saturated rings. The van der Waals surface area contributed by atoms with E-state index in [1.807, 2.05) is 0 Å². The molecule has 0 unspecified atom stereocenters. The molecule has 0 spiro atoms. The van der Waals surface area contributed by atoms with Crippen molar-refractivity contribution in [3.63, 3.8) is 0 Å². The van der Waals surface area contributed by atoms with E-state index < -0.39 is 10.0 Å². The third kappa shape index (κ3) is 7.50. The van der Waals surface area contributed by atoms with Crippen molar-refractivity contribution in [3.05, 3.63) is 0 Å². The van der Waals surface area contributed by atoms with Gasteiger partial charge in [0.05, 0.1) is 5.75 Å². The normalized spacial score (nSPS) is 17.6. The second-order valence-electron chi connectivity index (χ2n) is 6.10. The Morgan fingerprint density at radius 3 is 2.52 bits per heavy atom. The van der Waals surface area contributed by atoms with Crippen molar-refractivity contribution >= 4 is 16.0 Å². The third-order valence-electron chi connectivity index (χ3n) is 4.45. The largest absolute Gasteiger partial charge is 0.385 e. The summed E-state index contributed by atoms with van der Waals surface area (Å²) in [7, 11) is 0.395. The summed E-state index contributed by atoms with van der Waals surface area (Å²) in [5, 5.41) is 6.61. The first-order valence-corrected chi connectivity index (χ1v) is 10.0. The Morgan fingerprint density at radius 2 is 2.00 bits per heavy atom. The molecule has 1 aliphatic rings. The van der Waals surface area contributed by atoms with Gasteiger partial charge in [0.15, 0.2) is 5.96 Å². The summed E-state index contributed by atoms with van der Waals surface area (Å²) in [6, 6.07) is 0. The van der Waals surface area contributed by atoms with Gasteiger partial charge in [-0.1, -0.05) is 6.42 Å². The van der Waals surface area contributed by atoms with Crippen LogP contribution in [0.3, 0.4) is 0 Å². The average molecular weight is 349 g/mol. The molecule has 0 atom stereocenters. The molecule has 0 saturated heterocycles. The van der Waals surface area contributed by atoms with Gasteiger partial charge in [-0.05, 0) is 38.0 Å². The maximum absolute atomic E-state index is 11.3. The summed E-state index contributed by atoms with van der Waals surface area (Å²) in [6.07, 6.45) is 5.55. The Morgan fingerprint density at radius 1 is 1.26 bits per heavy atom. The number of nitrogens with one attached hydrogen (secondary N) is 3. The number of hydrogen-bond acceptors (Lipinski definition) is 4. The Kier molecular flexibility index (Phi) is 8.86. The van der Waals surface area contributed by atoms with Crippen molar-refractivity contribution in [2.45, 2.75) is 39.0 Å². The van der Waals surface area contributed by atoms with Crippen LogP contribution in [0.25, 0.3) is 0 Å². The standard InChI is InChI=1S/C15H32N4O3S/c1-4-23(20,21)19-11-6-10-17-14(16-2)18-13-15(7-5-8-15)9-12-22-3/h19H,4-13H2,1-3H3,(H2,16,17,18). The Hall–Kier alpha value is -0.860. The molecular weight excluding hydrogens is 316 g/mol. The van der Waals surface area contributed by atoms with Crippen LogP contribution in [0.1, 0.15) is 39.0 Å². The Bertz CT molecular complexity index is 461. The lowest BCUT2D eigenvalue weighted by atomic mass is 9.67. The van der Waals surface area contributed by atoms with Crippen molar-refractivity contribution in [2.75, 3.05) is 46.2 Å². The van der Waals surface area contributed by atoms with Crippen LogP contribution in [0.15, 0.2) is 4.99 Å². The zero-order chi connectivity index (χ0) is 17.2. The van der Waals surface area contributed by atoms with Crippen LogP contribution in [0, 0.1) is 5.41 Å². The molecule has 0 aromatic heterocycles. The molecular formula is C15H32N4O3S. The SMILES string of the molecule is CCS(=O)(=O)NCCCNC(=NC)NCC1(CCOC)CCC1. The van der Waals surface area contributed by atoms with E-state index >= 15 is 0 Å². The Labute approximate surface area is 140 Å². The highest BCUT2D eigenvalue weighted by molar-refractivity contribution is 7.89. The average Bonchev–Trinajstić information content (AvgIpc) is 2.51. The fourth-order valence-corrected chi connectivity index (χ4v) is 3.29. The van der Waals surface area contributed by atoms with Gasteiger partial charge in [0.1, 0.15) is 0 Å². The highest BCUT2D eigenvalue weighted by atomic mass is 32.2. The third-order valence-corrected chi connectivity index (χ3v) is 5.86. The maximum atomic E-state index is 11.3. The minimum atomic E-state index is -3.10. The van der Waals surface area contributed by atoms with E-state index in [9.17, 15) is 8.42 Å². The van der Waals surface area contributed by atoms with Crippen molar-refractivity contribution in [1.29, 1.82) is 0 Å². The quantitative estimate of drug-likeness (QED) is 0.290. The second kappa shape index (κ2) is 10.1. The molecule has 1 rings (SSSR count). The number of methoxy groups -OCH3 is 1. The van der Waals surface area contributed by atoms with Gasteiger partial charge in [-0.2, -0.15) is 0 Å².